The Kier molecular flexibility index (Phi) is 4.40. The van der Waals surface area contributed by atoms with Gasteiger partial charge >= 0.3 is 0 Å². The van der Waals surface area contributed by atoms with Gasteiger partial charge in [-0.15, -0.1) is 0 Å². The average Bonchev–Trinajstić information content (AvgIpc) is 3.68. The van der Waals surface area contributed by atoms with Crippen LogP contribution in [-0.4, -0.2) is 14.5 Å². The van der Waals surface area contributed by atoms with Crippen LogP contribution < -0.4 is 0 Å². The SMILES string of the molecule is CC1(C)c2ccccc2-c2ccc(-n3c4ccc5ccccc5c4c4cc5c6c(cccc6c43)-c3nc4ccccc4nc3-5)cc21. The molecule has 0 saturated carbocycles. The molecule has 7 aromatic carbocycles. The molecule has 2 aromatic heterocycles. The molecule has 0 atom stereocenters. The van der Waals surface area contributed by atoms with E-state index in [1.54, 1.807) is 0 Å². The lowest BCUT2D eigenvalue weighted by Crippen LogP contribution is -2.15. The summed E-state index contributed by atoms with van der Waals surface area (Å²) in [6.07, 6.45) is 0. The lowest BCUT2D eigenvalue weighted by molar-refractivity contribution is 0.660. The first-order chi connectivity index (χ1) is 22.6. The van der Waals surface area contributed by atoms with Gasteiger partial charge in [-0.25, -0.2) is 9.97 Å². The van der Waals surface area contributed by atoms with Gasteiger partial charge in [0.2, 0.25) is 0 Å². The first kappa shape index (κ1) is 24.5. The highest BCUT2D eigenvalue weighted by Gasteiger charge is 2.36. The van der Waals surface area contributed by atoms with Crippen LogP contribution in [0.15, 0.2) is 127 Å². The number of benzene rings is 7. The third-order valence-corrected chi connectivity index (χ3v) is 10.7. The summed E-state index contributed by atoms with van der Waals surface area (Å²) in [5, 5.41) is 7.51. The van der Waals surface area contributed by atoms with Gasteiger partial charge in [-0.3, -0.25) is 0 Å². The summed E-state index contributed by atoms with van der Waals surface area (Å²) >= 11 is 0. The monoisotopic (exact) mass is 585 g/mol. The largest absolute Gasteiger partial charge is 0.309 e. The van der Waals surface area contributed by atoms with Gasteiger partial charge in [-0.2, -0.15) is 0 Å². The van der Waals surface area contributed by atoms with E-state index in [-0.39, 0.29) is 5.41 Å². The molecule has 0 N–H and O–H groups in total. The van der Waals surface area contributed by atoms with E-state index in [1.807, 2.05) is 12.1 Å². The Hall–Kier alpha value is -5.80. The smallest absolute Gasteiger partial charge is 0.0980 e. The molecule has 0 saturated heterocycles. The molecule has 214 valence electrons. The van der Waals surface area contributed by atoms with Gasteiger partial charge in [-0.1, -0.05) is 105 Å². The zero-order valence-corrected chi connectivity index (χ0v) is 25.5. The van der Waals surface area contributed by atoms with Crippen LogP contribution in [0.1, 0.15) is 25.0 Å². The minimum atomic E-state index is -0.0836. The second-order valence-corrected chi connectivity index (χ2v) is 13.4. The lowest BCUT2D eigenvalue weighted by Gasteiger charge is -2.22. The van der Waals surface area contributed by atoms with E-state index in [2.05, 4.69) is 134 Å². The summed E-state index contributed by atoms with van der Waals surface area (Å²) in [4.78, 5) is 10.4. The highest BCUT2D eigenvalue weighted by atomic mass is 15.0. The third kappa shape index (κ3) is 2.89. The van der Waals surface area contributed by atoms with Crippen molar-refractivity contribution in [1.82, 2.24) is 14.5 Å². The Morgan fingerprint density at radius 1 is 0.500 bits per heavy atom. The molecule has 2 aliphatic carbocycles. The molecule has 0 spiro atoms. The summed E-state index contributed by atoms with van der Waals surface area (Å²) in [6, 6.07) is 46.6. The first-order valence-electron chi connectivity index (χ1n) is 16.0. The Bertz CT molecular complexity index is 2830. The molecule has 0 amide bonds. The number of aromatic nitrogens is 3. The van der Waals surface area contributed by atoms with Gasteiger partial charge in [0, 0.05) is 43.8 Å². The zero-order valence-electron chi connectivity index (χ0n) is 25.5. The number of fused-ring (bicyclic) bond motifs is 13. The van der Waals surface area contributed by atoms with Gasteiger partial charge in [-0.05, 0) is 69.4 Å². The van der Waals surface area contributed by atoms with E-state index in [9.17, 15) is 0 Å². The van der Waals surface area contributed by atoms with Gasteiger partial charge in [0.15, 0.2) is 0 Å². The van der Waals surface area contributed by atoms with Crippen molar-refractivity contribution in [2.45, 2.75) is 19.3 Å². The molecule has 3 heteroatoms. The maximum Gasteiger partial charge on any atom is 0.0980 e. The molecule has 0 radical (unpaired) electrons. The fourth-order valence-corrected chi connectivity index (χ4v) is 8.61. The number of nitrogens with zero attached hydrogens (tertiary/aromatic N) is 3. The van der Waals surface area contributed by atoms with Crippen LogP contribution in [0.3, 0.4) is 0 Å². The first-order valence-corrected chi connectivity index (χ1v) is 16.0. The highest BCUT2D eigenvalue weighted by Crippen LogP contribution is 2.52. The molecule has 11 rings (SSSR count). The fraction of sp³-hybridized carbons (Fsp3) is 0.0698. The van der Waals surface area contributed by atoms with Crippen LogP contribution in [0, 0.1) is 0 Å². The normalized spacial score (nSPS) is 14.0. The quantitative estimate of drug-likeness (QED) is 0.192. The Morgan fingerprint density at radius 2 is 1.20 bits per heavy atom. The van der Waals surface area contributed by atoms with Crippen LogP contribution in [0.25, 0.3) is 93.7 Å². The van der Waals surface area contributed by atoms with Crippen molar-refractivity contribution in [3.8, 4) is 39.3 Å². The van der Waals surface area contributed by atoms with Gasteiger partial charge < -0.3 is 4.57 Å². The molecule has 2 aliphatic rings. The van der Waals surface area contributed by atoms with E-state index in [1.165, 1.54) is 76.9 Å². The highest BCUT2D eigenvalue weighted by molar-refractivity contribution is 6.30. The molecule has 3 nitrogen and oxygen atoms in total. The minimum absolute atomic E-state index is 0.0836. The summed E-state index contributed by atoms with van der Waals surface area (Å²) in [7, 11) is 0. The zero-order chi connectivity index (χ0) is 30.3. The summed E-state index contributed by atoms with van der Waals surface area (Å²) in [6.45, 7) is 4.72. The predicted molar refractivity (Wildman–Crippen MR) is 191 cm³/mol. The van der Waals surface area contributed by atoms with Crippen LogP contribution in [0.2, 0.25) is 0 Å². The second-order valence-electron chi connectivity index (χ2n) is 13.4. The molecule has 0 bridgehead atoms. The number of rotatable bonds is 1. The molecule has 0 unspecified atom stereocenters. The number of hydrogen-bond acceptors (Lipinski definition) is 2. The topological polar surface area (TPSA) is 30.7 Å². The van der Waals surface area contributed by atoms with Gasteiger partial charge in [0.25, 0.3) is 0 Å². The Labute approximate surface area is 265 Å². The standard InChI is InChI=1S/C43H27N3/c1-43(2)33-15-6-5-12-27(33)28-20-19-25(22-34(28)43)46-37-21-18-24-10-3-4-11-26(24)39(37)32-23-31-38-29(13-9-14-30(38)42(32)46)40-41(31)45-36-17-8-7-16-35(36)44-40/h3-23H,1-2H3. The van der Waals surface area contributed by atoms with Crippen molar-refractivity contribution < 1.29 is 0 Å². The van der Waals surface area contributed by atoms with E-state index in [4.69, 9.17) is 9.97 Å². The molecule has 9 aromatic rings. The summed E-state index contributed by atoms with van der Waals surface area (Å²) in [5.74, 6) is 0. The summed E-state index contributed by atoms with van der Waals surface area (Å²) in [5.41, 5.74) is 15.2. The van der Waals surface area contributed by atoms with Crippen molar-refractivity contribution in [3.63, 3.8) is 0 Å². The Balaban J connectivity index is 1.31. The van der Waals surface area contributed by atoms with E-state index in [0.717, 1.165) is 28.0 Å². The minimum Gasteiger partial charge on any atom is -0.309 e. The molecule has 46 heavy (non-hydrogen) atoms. The average molecular weight is 586 g/mol. The fourth-order valence-electron chi connectivity index (χ4n) is 8.61. The summed E-state index contributed by atoms with van der Waals surface area (Å²) < 4.78 is 2.51. The number of hydrogen-bond donors (Lipinski definition) is 0. The predicted octanol–water partition coefficient (Wildman–Crippen LogP) is 11.0. The van der Waals surface area contributed by atoms with E-state index >= 15 is 0 Å². The van der Waals surface area contributed by atoms with E-state index in [0.29, 0.717) is 0 Å². The molecule has 2 heterocycles. The van der Waals surface area contributed by atoms with Crippen molar-refractivity contribution in [1.29, 1.82) is 0 Å². The molecule has 0 aliphatic heterocycles. The molecular formula is C43H27N3. The van der Waals surface area contributed by atoms with Crippen molar-refractivity contribution in [3.05, 3.63) is 139 Å². The third-order valence-electron chi connectivity index (χ3n) is 10.7. The maximum absolute atomic E-state index is 5.22. The lowest BCUT2D eigenvalue weighted by atomic mass is 9.82. The maximum atomic E-state index is 5.22. The number of para-hydroxylation sites is 2. The molecule has 0 fully saturated rings. The van der Waals surface area contributed by atoms with Gasteiger partial charge in [0.05, 0.1) is 33.5 Å². The van der Waals surface area contributed by atoms with Crippen LogP contribution in [-0.2, 0) is 5.41 Å². The Morgan fingerprint density at radius 3 is 2.07 bits per heavy atom. The van der Waals surface area contributed by atoms with E-state index < -0.39 is 0 Å². The molecular weight excluding hydrogens is 558 g/mol. The van der Waals surface area contributed by atoms with Crippen LogP contribution >= 0.6 is 0 Å². The van der Waals surface area contributed by atoms with Crippen molar-refractivity contribution in [2.24, 2.45) is 0 Å². The van der Waals surface area contributed by atoms with Gasteiger partial charge in [0.1, 0.15) is 0 Å². The van der Waals surface area contributed by atoms with Crippen LogP contribution in [0.5, 0.6) is 0 Å². The van der Waals surface area contributed by atoms with Crippen molar-refractivity contribution in [2.75, 3.05) is 0 Å². The van der Waals surface area contributed by atoms with Crippen LogP contribution in [0.4, 0.5) is 0 Å². The second kappa shape index (κ2) is 8.26. The van der Waals surface area contributed by atoms with Crippen molar-refractivity contribution >= 4 is 54.4 Å².